The number of halogens is 3. The van der Waals surface area contributed by atoms with Gasteiger partial charge in [0.15, 0.2) is 0 Å². The van der Waals surface area contributed by atoms with Gasteiger partial charge in [0.2, 0.25) is 11.8 Å². The second kappa shape index (κ2) is 10.4. The number of morpholine rings is 1. The predicted molar refractivity (Wildman–Crippen MR) is 137 cm³/mol. The van der Waals surface area contributed by atoms with Gasteiger partial charge in [-0.1, -0.05) is 25.1 Å². The van der Waals surface area contributed by atoms with E-state index in [1.54, 1.807) is 17.9 Å². The Morgan fingerprint density at radius 2 is 1.89 bits per heavy atom. The van der Waals surface area contributed by atoms with E-state index in [0.717, 1.165) is 28.9 Å². The highest BCUT2D eigenvalue weighted by molar-refractivity contribution is 6.08. The summed E-state index contributed by atoms with van der Waals surface area (Å²) in [5.41, 5.74) is -0.149. The van der Waals surface area contributed by atoms with Gasteiger partial charge in [0.25, 0.3) is 0 Å². The van der Waals surface area contributed by atoms with Gasteiger partial charge in [-0.25, -0.2) is 0 Å². The van der Waals surface area contributed by atoms with Crippen molar-refractivity contribution >= 4 is 23.2 Å². The van der Waals surface area contributed by atoms with E-state index in [2.05, 4.69) is 10.2 Å². The average Bonchev–Trinajstić information content (AvgIpc) is 3.10. The van der Waals surface area contributed by atoms with E-state index >= 15 is 0 Å². The summed E-state index contributed by atoms with van der Waals surface area (Å²) in [6.45, 7) is 9.27. The van der Waals surface area contributed by atoms with Gasteiger partial charge in [-0.3, -0.25) is 14.5 Å². The minimum atomic E-state index is -4.69. The van der Waals surface area contributed by atoms with Gasteiger partial charge in [-0.15, -0.1) is 0 Å². The molecule has 2 aromatic carbocycles. The zero-order valence-electron chi connectivity index (χ0n) is 21.9. The number of alkyl halides is 3. The van der Waals surface area contributed by atoms with E-state index < -0.39 is 29.0 Å². The normalized spacial score (nSPS) is 24.4. The van der Waals surface area contributed by atoms with Crippen LogP contribution in [0, 0.1) is 36.5 Å². The molecule has 2 fully saturated rings. The molecule has 0 unspecified atom stereocenters. The molecule has 2 amide bonds. The maximum Gasteiger partial charge on any atom is 0.416 e. The molecular weight excluding hydrogens is 497 g/mol. The molecule has 2 aliphatic heterocycles. The Hall–Kier alpha value is -3.42. The largest absolute Gasteiger partial charge is 0.416 e. The Kier molecular flexibility index (Phi) is 7.55. The topological polar surface area (TPSA) is 85.7 Å². The quantitative estimate of drug-likeness (QED) is 0.617. The number of carbonyl (C=O) groups is 2. The Morgan fingerprint density at radius 1 is 1.21 bits per heavy atom. The number of anilines is 2. The van der Waals surface area contributed by atoms with Crippen molar-refractivity contribution in [3.63, 3.8) is 0 Å². The summed E-state index contributed by atoms with van der Waals surface area (Å²) < 4.78 is 46.0. The molecule has 1 N–H and O–H groups in total. The second-order valence-corrected chi connectivity index (χ2v) is 10.3. The molecule has 2 heterocycles. The molecule has 0 bridgehead atoms. The number of nitrogens with zero attached hydrogens (tertiary/aromatic N) is 3. The van der Waals surface area contributed by atoms with Crippen molar-refractivity contribution in [1.82, 2.24) is 4.90 Å². The van der Waals surface area contributed by atoms with Crippen molar-refractivity contribution in [2.75, 3.05) is 43.1 Å². The van der Waals surface area contributed by atoms with Crippen LogP contribution in [-0.4, -0.2) is 55.6 Å². The lowest BCUT2D eigenvalue weighted by Gasteiger charge is -2.41. The lowest BCUT2D eigenvalue weighted by Crippen LogP contribution is -2.55. The van der Waals surface area contributed by atoms with Crippen molar-refractivity contribution in [3.8, 4) is 6.07 Å². The molecular formula is C28H31F3N4O3. The average molecular weight is 529 g/mol. The van der Waals surface area contributed by atoms with Crippen molar-refractivity contribution < 1.29 is 27.5 Å². The summed E-state index contributed by atoms with van der Waals surface area (Å²) in [6, 6.07) is 10.2. The molecule has 10 heteroatoms. The molecule has 3 atom stereocenters. The van der Waals surface area contributed by atoms with Crippen LogP contribution in [0.15, 0.2) is 36.4 Å². The molecule has 2 aromatic rings. The number of aryl methyl sites for hydroxylation is 2. The molecule has 0 aromatic heterocycles. The number of hydrogen-bond acceptors (Lipinski definition) is 5. The van der Waals surface area contributed by atoms with E-state index in [4.69, 9.17) is 4.74 Å². The number of para-hydroxylation sites is 1. The van der Waals surface area contributed by atoms with Gasteiger partial charge < -0.3 is 15.0 Å². The first-order chi connectivity index (χ1) is 17.9. The van der Waals surface area contributed by atoms with Crippen LogP contribution in [-0.2, 0) is 20.5 Å². The first-order valence-corrected chi connectivity index (χ1v) is 12.5. The summed E-state index contributed by atoms with van der Waals surface area (Å²) in [6.07, 6.45) is -4.69. The van der Waals surface area contributed by atoms with E-state index in [1.807, 2.05) is 39.0 Å². The van der Waals surface area contributed by atoms with Crippen LogP contribution in [0.1, 0.15) is 36.1 Å². The summed E-state index contributed by atoms with van der Waals surface area (Å²) >= 11 is 0. The second-order valence-electron chi connectivity index (χ2n) is 10.3. The molecule has 0 radical (unpaired) electrons. The third kappa shape index (κ3) is 5.13. The number of nitriles is 1. The highest BCUT2D eigenvalue weighted by Crippen LogP contribution is 2.43. The van der Waals surface area contributed by atoms with E-state index in [1.165, 1.54) is 6.07 Å². The van der Waals surface area contributed by atoms with Gasteiger partial charge in [-0.05, 0) is 50.1 Å². The molecule has 7 nitrogen and oxygen atoms in total. The van der Waals surface area contributed by atoms with Crippen LogP contribution in [0.2, 0.25) is 0 Å². The number of nitrogens with one attached hydrogen (secondary N) is 1. The van der Waals surface area contributed by atoms with Gasteiger partial charge in [0, 0.05) is 37.1 Å². The van der Waals surface area contributed by atoms with Crippen molar-refractivity contribution in [1.29, 1.82) is 5.26 Å². The van der Waals surface area contributed by atoms with Gasteiger partial charge in [0.1, 0.15) is 0 Å². The fourth-order valence-corrected chi connectivity index (χ4v) is 5.46. The molecule has 2 saturated heterocycles. The molecule has 38 heavy (non-hydrogen) atoms. The van der Waals surface area contributed by atoms with Gasteiger partial charge >= 0.3 is 6.18 Å². The number of ether oxygens (including phenoxy) is 1. The standard InChI is InChI=1S/C28H31F3N4O3/c1-17-6-5-7-18(2)24(17)35-16-27(20(4)25(35)36,15-34-8-9-38-14-19(34)3)26(37)33-23-11-21(13-32)10-22(12-23)28(29,30)31/h5-7,10-12,19-20H,8-9,14-16H2,1-4H3,(H,33,37)/t19-,20+,27+/m0/s1. The number of rotatable bonds is 5. The zero-order valence-corrected chi connectivity index (χ0v) is 21.9. The van der Waals surface area contributed by atoms with E-state index in [-0.39, 0.29) is 36.3 Å². The highest BCUT2D eigenvalue weighted by atomic mass is 19.4. The highest BCUT2D eigenvalue weighted by Gasteiger charge is 2.56. The monoisotopic (exact) mass is 528 g/mol. The SMILES string of the molecule is Cc1cccc(C)c1N1C[C@@](CN2CCOC[C@@H]2C)(C(=O)Nc2cc(C#N)cc(C(F)(F)F)c2)[C@H](C)C1=O. The molecule has 0 spiro atoms. The van der Waals surface area contributed by atoms with Crippen LogP contribution in [0.3, 0.4) is 0 Å². The predicted octanol–water partition coefficient (Wildman–Crippen LogP) is 4.52. The Labute approximate surface area is 220 Å². The first-order valence-electron chi connectivity index (χ1n) is 12.5. The minimum Gasteiger partial charge on any atom is -0.379 e. The Balaban J connectivity index is 1.76. The van der Waals surface area contributed by atoms with Crippen LogP contribution >= 0.6 is 0 Å². The Morgan fingerprint density at radius 3 is 2.50 bits per heavy atom. The number of carbonyl (C=O) groups excluding carboxylic acids is 2. The molecule has 2 aliphatic rings. The number of hydrogen-bond donors (Lipinski definition) is 1. The molecule has 0 saturated carbocycles. The number of benzene rings is 2. The summed E-state index contributed by atoms with van der Waals surface area (Å²) in [7, 11) is 0. The first kappa shape index (κ1) is 27.6. The van der Waals surface area contributed by atoms with E-state index in [0.29, 0.717) is 19.8 Å². The molecule has 202 valence electrons. The lowest BCUT2D eigenvalue weighted by molar-refractivity contribution is -0.137. The number of amides is 2. The van der Waals surface area contributed by atoms with Crippen LogP contribution in [0.25, 0.3) is 0 Å². The maximum absolute atomic E-state index is 14.1. The van der Waals surface area contributed by atoms with Crippen LogP contribution < -0.4 is 10.2 Å². The third-order valence-corrected chi connectivity index (χ3v) is 7.70. The summed E-state index contributed by atoms with van der Waals surface area (Å²) in [4.78, 5) is 31.5. The van der Waals surface area contributed by atoms with E-state index in [9.17, 15) is 28.0 Å². The summed E-state index contributed by atoms with van der Waals surface area (Å²) in [5, 5.41) is 11.9. The van der Waals surface area contributed by atoms with Crippen molar-refractivity contribution in [3.05, 3.63) is 58.7 Å². The minimum absolute atomic E-state index is 0.0104. The Bertz CT molecular complexity index is 1270. The van der Waals surface area contributed by atoms with Gasteiger partial charge in [0.05, 0.1) is 41.7 Å². The van der Waals surface area contributed by atoms with Crippen molar-refractivity contribution in [2.24, 2.45) is 11.3 Å². The van der Waals surface area contributed by atoms with Crippen molar-refractivity contribution in [2.45, 2.75) is 39.9 Å². The van der Waals surface area contributed by atoms with Crippen LogP contribution in [0.5, 0.6) is 0 Å². The fourth-order valence-electron chi connectivity index (χ4n) is 5.46. The lowest BCUT2D eigenvalue weighted by atomic mass is 9.76. The van der Waals surface area contributed by atoms with Crippen LogP contribution in [0.4, 0.5) is 24.5 Å². The van der Waals surface area contributed by atoms with Gasteiger partial charge in [-0.2, -0.15) is 18.4 Å². The zero-order chi connectivity index (χ0) is 27.8. The third-order valence-electron chi connectivity index (χ3n) is 7.70. The fraction of sp³-hybridized carbons (Fsp3) is 0.464. The molecule has 0 aliphatic carbocycles. The summed E-state index contributed by atoms with van der Waals surface area (Å²) in [5.74, 6) is -1.54. The maximum atomic E-state index is 14.1. The smallest absolute Gasteiger partial charge is 0.379 e. The molecule has 4 rings (SSSR count).